The average molecular weight is 275 g/mol. The summed E-state index contributed by atoms with van der Waals surface area (Å²) in [6.45, 7) is 2.90. The van der Waals surface area contributed by atoms with Crippen LogP contribution in [0.3, 0.4) is 0 Å². The van der Waals surface area contributed by atoms with E-state index in [1.807, 2.05) is 13.0 Å². The number of aromatic amines is 1. The molecular formula is C14H17N3O3. The highest BCUT2D eigenvalue weighted by molar-refractivity contribution is 5.89. The molecule has 6 heteroatoms. The van der Waals surface area contributed by atoms with E-state index in [2.05, 4.69) is 15.5 Å². The van der Waals surface area contributed by atoms with Gasteiger partial charge >= 0.3 is 5.97 Å². The molecule has 106 valence electrons. The zero-order chi connectivity index (χ0) is 14.5. The normalized spacial score (nSPS) is 10.5. The molecule has 1 heterocycles. The molecule has 0 aliphatic heterocycles. The van der Waals surface area contributed by atoms with Crippen LogP contribution in [0.15, 0.2) is 24.4 Å². The number of aryl methyl sites for hydroxylation is 1. The molecule has 2 aromatic rings. The van der Waals surface area contributed by atoms with Gasteiger partial charge in [-0.3, -0.25) is 5.10 Å². The third-order valence-corrected chi connectivity index (χ3v) is 2.97. The predicted octanol–water partition coefficient (Wildman–Crippen LogP) is 2.17. The van der Waals surface area contributed by atoms with Crippen LogP contribution in [0, 0.1) is 6.92 Å². The van der Waals surface area contributed by atoms with Gasteiger partial charge in [0.25, 0.3) is 0 Å². The van der Waals surface area contributed by atoms with E-state index >= 15 is 0 Å². The quantitative estimate of drug-likeness (QED) is 0.752. The van der Waals surface area contributed by atoms with E-state index < -0.39 is 5.97 Å². The fourth-order valence-corrected chi connectivity index (χ4v) is 1.92. The number of rotatable bonds is 6. The van der Waals surface area contributed by atoms with E-state index in [0.717, 1.165) is 22.5 Å². The monoisotopic (exact) mass is 275 g/mol. The second-order valence-electron chi connectivity index (χ2n) is 4.53. The van der Waals surface area contributed by atoms with E-state index in [9.17, 15) is 4.79 Å². The Morgan fingerprint density at radius 1 is 1.45 bits per heavy atom. The van der Waals surface area contributed by atoms with Crippen molar-refractivity contribution in [3.8, 4) is 0 Å². The standard InChI is InChI=1S/C14H17N3O3/c1-9-12(7-16-17-9)6-15-13-4-10(8-20-2)3-11(5-13)14(18)19/h3-5,7,15H,6,8H2,1-2H3,(H,16,17)(H,18,19). The Morgan fingerprint density at radius 2 is 2.25 bits per heavy atom. The number of aromatic carboxylic acids is 1. The predicted molar refractivity (Wildman–Crippen MR) is 74.8 cm³/mol. The van der Waals surface area contributed by atoms with Crippen LogP contribution in [-0.4, -0.2) is 28.4 Å². The van der Waals surface area contributed by atoms with Crippen LogP contribution >= 0.6 is 0 Å². The number of hydrogen-bond donors (Lipinski definition) is 3. The molecule has 0 bridgehead atoms. The molecule has 0 spiro atoms. The number of H-pyrrole nitrogens is 1. The number of nitrogens with zero attached hydrogens (tertiary/aromatic N) is 1. The number of anilines is 1. The first-order valence-electron chi connectivity index (χ1n) is 6.19. The number of aromatic nitrogens is 2. The van der Waals surface area contributed by atoms with Gasteiger partial charge in [0.1, 0.15) is 0 Å². The third kappa shape index (κ3) is 3.36. The van der Waals surface area contributed by atoms with Crippen molar-refractivity contribution in [3.63, 3.8) is 0 Å². The number of carbonyl (C=O) groups is 1. The fourth-order valence-electron chi connectivity index (χ4n) is 1.92. The van der Waals surface area contributed by atoms with Gasteiger partial charge in [-0.15, -0.1) is 0 Å². The average Bonchev–Trinajstić information content (AvgIpc) is 2.82. The first-order valence-corrected chi connectivity index (χ1v) is 6.19. The topological polar surface area (TPSA) is 87.2 Å². The van der Waals surface area contributed by atoms with Gasteiger partial charge in [-0.05, 0) is 30.7 Å². The van der Waals surface area contributed by atoms with Crippen LogP contribution in [0.25, 0.3) is 0 Å². The lowest BCUT2D eigenvalue weighted by Gasteiger charge is -2.09. The van der Waals surface area contributed by atoms with E-state index in [1.165, 1.54) is 0 Å². The molecule has 20 heavy (non-hydrogen) atoms. The number of methoxy groups -OCH3 is 1. The van der Waals surface area contributed by atoms with Gasteiger partial charge in [0.05, 0.1) is 18.4 Å². The van der Waals surface area contributed by atoms with Crippen LogP contribution in [0.2, 0.25) is 0 Å². The number of ether oxygens (including phenoxy) is 1. The lowest BCUT2D eigenvalue weighted by atomic mass is 10.1. The Bertz CT molecular complexity index is 607. The number of hydrogen-bond acceptors (Lipinski definition) is 4. The molecule has 0 fully saturated rings. The maximum atomic E-state index is 11.1. The van der Waals surface area contributed by atoms with Crippen molar-refractivity contribution < 1.29 is 14.6 Å². The first-order chi connectivity index (χ1) is 9.60. The first kappa shape index (κ1) is 14.1. The summed E-state index contributed by atoms with van der Waals surface area (Å²) in [7, 11) is 1.58. The second kappa shape index (κ2) is 6.21. The Hall–Kier alpha value is -2.34. The number of carboxylic acid groups (broad SMARTS) is 1. The zero-order valence-electron chi connectivity index (χ0n) is 11.4. The van der Waals surface area contributed by atoms with Crippen molar-refractivity contribution in [2.24, 2.45) is 0 Å². The molecule has 0 amide bonds. The molecule has 0 aliphatic carbocycles. The summed E-state index contributed by atoms with van der Waals surface area (Å²) in [5, 5.41) is 19.1. The fraction of sp³-hybridized carbons (Fsp3) is 0.286. The van der Waals surface area contributed by atoms with Gasteiger partial charge in [0.15, 0.2) is 0 Å². The van der Waals surface area contributed by atoms with Gasteiger partial charge in [0.2, 0.25) is 0 Å². The molecule has 1 aromatic carbocycles. The highest BCUT2D eigenvalue weighted by atomic mass is 16.5. The molecular weight excluding hydrogens is 258 g/mol. The van der Waals surface area contributed by atoms with Gasteiger partial charge in [-0.2, -0.15) is 5.10 Å². The minimum Gasteiger partial charge on any atom is -0.478 e. The van der Waals surface area contributed by atoms with Gasteiger partial charge in [-0.25, -0.2) is 4.79 Å². The highest BCUT2D eigenvalue weighted by Crippen LogP contribution is 2.17. The summed E-state index contributed by atoms with van der Waals surface area (Å²) in [6, 6.07) is 5.10. The summed E-state index contributed by atoms with van der Waals surface area (Å²) >= 11 is 0. The maximum Gasteiger partial charge on any atom is 0.335 e. The Morgan fingerprint density at radius 3 is 2.85 bits per heavy atom. The van der Waals surface area contributed by atoms with Crippen molar-refractivity contribution in [3.05, 3.63) is 46.8 Å². The number of carboxylic acids is 1. The Kier molecular flexibility index (Phi) is 4.37. The van der Waals surface area contributed by atoms with Crippen LogP contribution < -0.4 is 5.32 Å². The van der Waals surface area contributed by atoms with Gasteiger partial charge < -0.3 is 15.2 Å². The zero-order valence-corrected chi connectivity index (χ0v) is 11.4. The second-order valence-corrected chi connectivity index (χ2v) is 4.53. The van der Waals surface area contributed by atoms with Crippen molar-refractivity contribution >= 4 is 11.7 Å². The molecule has 0 unspecified atom stereocenters. The largest absolute Gasteiger partial charge is 0.478 e. The summed E-state index contributed by atoms with van der Waals surface area (Å²) in [5.41, 5.74) is 3.84. The minimum atomic E-state index is -0.953. The molecule has 0 aliphatic rings. The van der Waals surface area contributed by atoms with E-state index in [0.29, 0.717) is 13.2 Å². The SMILES string of the molecule is COCc1cc(NCc2cn[nH]c2C)cc(C(=O)O)c1. The van der Waals surface area contributed by atoms with Gasteiger partial charge in [-0.1, -0.05) is 0 Å². The molecule has 0 saturated heterocycles. The third-order valence-electron chi connectivity index (χ3n) is 2.97. The summed E-state index contributed by atoms with van der Waals surface area (Å²) < 4.78 is 5.05. The lowest BCUT2D eigenvalue weighted by Crippen LogP contribution is -2.04. The molecule has 0 atom stereocenters. The van der Waals surface area contributed by atoms with Crippen molar-refractivity contribution in [2.75, 3.05) is 12.4 Å². The number of nitrogens with one attached hydrogen (secondary N) is 2. The molecule has 0 radical (unpaired) electrons. The summed E-state index contributed by atoms with van der Waals surface area (Å²) in [5.74, 6) is -0.953. The number of benzene rings is 1. The van der Waals surface area contributed by atoms with Crippen LogP contribution in [0.5, 0.6) is 0 Å². The van der Waals surface area contributed by atoms with Crippen LogP contribution in [0.4, 0.5) is 5.69 Å². The maximum absolute atomic E-state index is 11.1. The van der Waals surface area contributed by atoms with E-state index in [1.54, 1.807) is 25.4 Å². The van der Waals surface area contributed by atoms with E-state index in [-0.39, 0.29) is 5.56 Å². The van der Waals surface area contributed by atoms with Crippen LogP contribution in [0.1, 0.15) is 27.2 Å². The molecule has 1 aromatic heterocycles. The summed E-state index contributed by atoms with van der Waals surface area (Å²) in [4.78, 5) is 11.1. The van der Waals surface area contributed by atoms with Gasteiger partial charge in [0, 0.05) is 30.6 Å². The smallest absolute Gasteiger partial charge is 0.335 e. The molecule has 6 nitrogen and oxygen atoms in total. The lowest BCUT2D eigenvalue weighted by molar-refractivity contribution is 0.0696. The van der Waals surface area contributed by atoms with E-state index in [4.69, 9.17) is 9.84 Å². The summed E-state index contributed by atoms with van der Waals surface area (Å²) in [6.07, 6.45) is 1.75. The van der Waals surface area contributed by atoms with Crippen molar-refractivity contribution in [1.82, 2.24) is 10.2 Å². The van der Waals surface area contributed by atoms with Crippen molar-refractivity contribution in [1.29, 1.82) is 0 Å². The Balaban J connectivity index is 2.17. The highest BCUT2D eigenvalue weighted by Gasteiger charge is 2.08. The van der Waals surface area contributed by atoms with Crippen LogP contribution in [-0.2, 0) is 17.9 Å². The molecule has 2 rings (SSSR count). The van der Waals surface area contributed by atoms with Crippen molar-refractivity contribution in [2.45, 2.75) is 20.1 Å². The minimum absolute atomic E-state index is 0.242. The molecule has 0 saturated carbocycles. The Labute approximate surface area is 116 Å². The molecule has 3 N–H and O–H groups in total.